The molecule has 6 nitrogen and oxygen atoms in total. The molecule has 3 rings (SSSR count). The zero-order chi connectivity index (χ0) is 22.1. The van der Waals surface area contributed by atoms with Gasteiger partial charge in [-0.1, -0.05) is 35.3 Å². The van der Waals surface area contributed by atoms with Crippen molar-refractivity contribution in [2.45, 2.75) is 37.5 Å². The van der Waals surface area contributed by atoms with Gasteiger partial charge in [0, 0.05) is 37.3 Å². The molecule has 1 fully saturated rings. The van der Waals surface area contributed by atoms with E-state index in [2.05, 4.69) is 0 Å². The van der Waals surface area contributed by atoms with Gasteiger partial charge in [-0.3, -0.25) is 4.79 Å². The van der Waals surface area contributed by atoms with Crippen LogP contribution in [0.15, 0.2) is 47.4 Å². The van der Waals surface area contributed by atoms with Gasteiger partial charge >= 0.3 is 0 Å². The van der Waals surface area contributed by atoms with Crippen molar-refractivity contribution in [3.63, 3.8) is 0 Å². The lowest BCUT2D eigenvalue weighted by Crippen LogP contribution is -2.48. The number of hydrogen-bond donors (Lipinski definition) is 0. The summed E-state index contributed by atoms with van der Waals surface area (Å²) in [6.45, 7) is 4.45. The average Bonchev–Trinajstić information content (AvgIpc) is 2.67. The first-order chi connectivity index (χ1) is 14.1. The highest BCUT2D eigenvalue weighted by Crippen LogP contribution is 2.28. The Morgan fingerprint density at radius 3 is 2.43 bits per heavy atom. The number of nitrogens with zero attached hydrogens (tertiary/aromatic N) is 2. The maximum atomic E-state index is 13.2. The topological polar surface area (TPSA) is 66.9 Å². The molecule has 1 amide bonds. The molecule has 9 heteroatoms. The maximum absolute atomic E-state index is 13.2. The minimum absolute atomic E-state index is 0.0764. The largest absolute Gasteiger partial charge is 0.373 e. The SMILES string of the molecule is C[C@@H]1CN(S(=O)(=O)c2cc(C(=O)N(C)Cc3cccc(Cl)c3)ccc2Cl)C[C@@H](C)O1. The molecule has 2 atom stereocenters. The third-order valence-electron chi connectivity index (χ3n) is 4.84. The van der Waals surface area contributed by atoms with Gasteiger partial charge in [0.1, 0.15) is 4.90 Å². The molecule has 0 aromatic heterocycles. The zero-order valence-corrected chi connectivity index (χ0v) is 19.3. The summed E-state index contributed by atoms with van der Waals surface area (Å²) >= 11 is 12.2. The summed E-state index contributed by atoms with van der Waals surface area (Å²) in [5.74, 6) is -0.313. The third kappa shape index (κ3) is 5.15. The first-order valence-electron chi connectivity index (χ1n) is 9.53. The van der Waals surface area contributed by atoms with Crippen LogP contribution in [0, 0.1) is 0 Å². The van der Waals surface area contributed by atoms with Crippen molar-refractivity contribution >= 4 is 39.1 Å². The van der Waals surface area contributed by atoms with Gasteiger partial charge in [-0.05, 0) is 49.7 Å². The standard InChI is InChI=1S/C21H24Cl2N2O4S/c1-14-11-25(12-15(2)29-14)30(27,28)20-10-17(7-8-19(20)23)21(26)24(3)13-16-5-4-6-18(22)9-16/h4-10,14-15H,11-13H2,1-3H3/t14-,15-/m1/s1. The lowest BCUT2D eigenvalue weighted by Gasteiger charge is -2.34. The summed E-state index contributed by atoms with van der Waals surface area (Å²) in [7, 11) is -2.22. The lowest BCUT2D eigenvalue weighted by molar-refractivity contribution is -0.0440. The number of benzene rings is 2. The van der Waals surface area contributed by atoms with Crippen molar-refractivity contribution in [1.82, 2.24) is 9.21 Å². The van der Waals surface area contributed by atoms with Gasteiger partial charge < -0.3 is 9.64 Å². The van der Waals surface area contributed by atoms with Gasteiger partial charge in [-0.2, -0.15) is 4.31 Å². The number of carbonyl (C=O) groups is 1. The van der Waals surface area contributed by atoms with Crippen LogP contribution < -0.4 is 0 Å². The zero-order valence-electron chi connectivity index (χ0n) is 17.0. The molecular formula is C21H24Cl2N2O4S. The third-order valence-corrected chi connectivity index (χ3v) is 7.39. The van der Waals surface area contributed by atoms with Crippen LogP contribution in [0.25, 0.3) is 0 Å². The Morgan fingerprint density at radius 1 is 1.13 bits per heavy atom. The van der Waals surface area contributed by atoms with Gasteiger partial charge in [0.05, 0.1) is 17.2 Å². The molecule has 0 unspecified atom stereocenters. The Bertz CT molecular complexity index is 1040. The first-order valence-corrected chi connectivity index (χ1v) is 11.7. The summed E-state index contributed by atoms with van der Waals surface area (Å²) in [6.07, 6.45) is -0.452. The Labute approximate surface area is 187 Å². The van der Waals surface area contributed by atoms with E-state index in [9.17, 15) is 13.2 Å². The van der Waals surface area contributed by atoms with Crippen LogP contribution in [0.4, 0.5) is 0 Å². The highest BCUT2D eigenvalue weighted by atomic mass is 35.5. The second-order valence-corrected chi connectivity index (χ2v) is 10.3. The normalized spacial score (nSPS) is 20.2. The minimum atomic E-state index is -3.87. The molecule has 0 spiro atoms. The fraction of sp³-hybridized carbons (Fsp3) is 0.381. The van der Waals surface area contributed by atoms with Crippen molar-refractivity contribution in [1.29, 1.82) is 0 Å². The van der Waals surface area contributed by atoms with Crippen molar-refractivity contribution in [3.05, 3.63) is 63.6 Å². The average molecular weight is 471 g/mol. The molecule has 0 aliphatic carbocycles. The van der Waals surface area contributed by atoms with E-state index < -0.39 is 10.0 Å². The van der Waals surface area contributed by atoms with E-state index in [0.29, 0.717) is 11.6 Å². The van der Waals surface area contributed by atoms with Gasteiger partial charge in [-0.15, -0.1) is 0 Å². The van der Waals surface area contributed by atoms with Crippen LogP contribution in [0.3, 0.4) is 0 Å². The molecule has 1 aliphatic rings. The summed E-state index contributed by atoms with van der Waals surface area (Å²) in [5.41, 5.74) is 1.12. The van der Waals surface area contributed by atoms with Crippen LogP contribution >= 0.6 is 23.2 Å². The second kappa shape index (κ2) is 9.24. The molecule has 30 heavy (non-hydrogen) atoms. The molecule has 0 radical (unpaired) electrons. The number of amides is 1. The maximum Gasteiger partial charge on any atom is 0.253 e. The minimum Gasteiger partial charge on any atom is -0.373 e. The molecular weight excluding hydrogens is 447 g/mol. The molecule has 2 aromatic carbocycles. The van der Waals surface area contributed by atoms with Crippen LogP contribution in [0.2, 0.25) is 10.0 Å². The number of rotatable bonds is 5. The fourth-order valence-electron chi connectivity index (χ4n) is 3.50. The predicted octanol–water partition coefficient (Wildman–Crippen LogP) is 4.06. The van der Waals surface area contributed by atoms with Crippen molar-refractivity contribution in [2.24, 2.45) is 0 Å². The summed E-state index contributed by atoms with van der Waals surface area (Å²) < 4.78 is 33.4. The van der Waals surface area contributed by atoms with Gasteiger partial charge in [0.2, 0.25) is 10.0 Å². The van der Waals surface area contributed by atoms with E-state index >= 15 is 0 Å². The van der Waals surface area contributed by atoms with Crippen molar-refractivity contribution in [3.8, 4) is 0 Å². The number of morpholine rings is 1. The fourth-order valence-corrected chi connectivity index (χ4v) is 5.81. The number of carbonyl (C=O) groups excluding carboxylic acids is 1. The molecule has 2 aromatic rings. The van der Waals surface area contributed by atoms with Crippen LogP contribution in [-0.2, 0) is 21.3 Å². The number of halogens is 2. The smallest absolute Gasteiger partial charge is 0.253 e. The molecule has 0 N–H and O–H groups in total. The Hall–Kier alpha value is -1.64. The molecule has 1 aliphatic heterocycles. The van der Waals surface area contributed by atoms with Crippen LogP contribution in [0.1, 0.15) is 29.8 Å². The van der Waals surface area contributed by atoms with Gasteiger partial charge in [0.15, 0.2) is 0 Å². The summed E-state index contributed by atoms with van der Waals surface area (Å²) in [6, 6.07) is 11.5. The predicted molar refractivity (Wildman–Crippen MR) is 117 cm³/mol. The number of hydrogen-bond acceptors (Lipinski definition) is 4. The Kier molecular flexibility index (Phi) is 7.09. The summed E-state index contributed by atoms with van der Waals surface area (Å²) in [4.78, 5) is 14.4. The van der Waals surface area contributed by atoms with E-state index in [1.165, 1.54) is 27.4 Å². The molecule has 1 saturated heterocycles. The van der Waals surface area contributed by atoms with E-state index in [1.807, 2.05) is 26.0 Å². The second-order valence-electron chi connectivity index (χ2n) is 7.52. The quantitative estimate of drug-likeness (QED) is 0.660. The van der Waals surface area contributed by atoms with E-state index in [1.54, 1.807) is 19.2 Å². The number of ether oxygens (including phenoxy) is 1. The van der Waals surface area contributed by atoms with E-state index in [0.717, 1.165) is 5.56 Å². The molecule has 1 heterocycles. The lowest BCUT2D eigenvalue weighted by atomic mass is 10.1. The Morgan fingerprint density at radius 2 is 1.80 bits per heavy atom. The van der Waals surface area contributed by atoms with Crippen molar-refractivity contribution in [2.75, 3.05) is 20.1 Å². The highest BCUT2D eigenvalue weighted by molar-refractivity contribution is 7.89. The van der Waals surface area contributed by atoms with Crippen LogP contribution in [-0.4, -0.2) is 55.9 Å². The van der Waals surface area contributed by atoms with E-state index in [4.69, 9.17) is 27.9 Å². The highest BCUT2D eigenvalue weighted by Gasteiger charge is 2.34. The molecule has 0 saturated carbocycles. The van der Waals surface area contributed by atoms with Gasteiger partial charge in [0.25, 0.3) is 5.91 Å². The monoisotopic (exact) mass is 470 g/mol. The molecule has 162 valence electrons. The Balaban J connectivity index is 1.86. The van der Waals surface area contributed by atoms with E-state index in [-0.39, 0.29) is 46.7 Å². The molecule has 0 bridgehead atoms. The summed E-state index contributed by atoms with van der Waals surface area (Å²) in [5, 5.41) is 0.665. The van der Waals surface area contributed by atoms with Gasteiger partial charge in [-0.25, -0.2) is 8.42 Å². The first kappa shape index (κ1) is 23.0. The number of sulfonamides is 1. The van der Waals surface area contributed by atoms with Crippen molar-refractivity contribution < 1.29 is 17.9 Å². The van der Waals surface area contributed by atoms with Crippen LogP contribution in [0.5, 0.6) is 0 Å².